The second-order valence-corrected chi connectivity index (χ2v) is 11.8. The molecule has 0 N–H and O–H groups in total. The van der Waals surface area contributed by atoms with Gasteiger partial charge in [-0.15, -0.1) is 0 Å². The number of nitrogens with zero attached hydrogens (tertiary/aromatic N) is 1. The zero-order chi connectivity index (χ0) is 27.7. The van der Waals surface area contributed by atoms with Crippen LogP contribution < -0.4 is 15.3 Å². The molecule has 7 heteroatoms. The molecule has 6 rings (SSSR count). The molecule has 2 aliphatic rings. The molecule has 0 bridgehead atoms. The first-order valence-corrected chi connectivity index (χ1v) is 13.5. The fourth-order valence-electron chi connectivity index (χ4n) is 6.28. The third-order valence-corrected chi connectivity index (χ3v) is 8.36. The predicted octanol–water partition coefficient (Wildman–Crippen LogP) is 6.67. The van der Waals surface area contributed by atoms with Gasteiger partial charge in [-0.05, 0) is 61.7 Å². The summed E-state index contributed by atoms with van der Waals surface area (Å²) in [5.41, 5.74) is 2.34. The molecule has 0 radical (unpaired) electrons. The van der Waals surface area contributed by atoms with Gasteiger partial charge in [0.15, 0.2) is 17.1 Å². The minimum absolute atomic E-state index is 0.144. The van der Waals surface area contributed by atoms with Gasteiger partial charge in [0.1, 0.15) is 5.56 Å². The van der Waals surface area contributed by atoms with Gasteiger partial charge in [0.2, 0.25) is 0 Å². The highest BCUT2D eigenvalue weighted by molar-refractivity contribution is 9.10. The van der Waals surface area contributed by atoms with Crippen LogP contribution in [0.25, 0.3) is 16.5 Å². The van der Waals surface area contributed by atoms with Gasteiger partial charge in [-0.3, -0.25) is 9.59 Å². The third kappa shape index (κ3) is 3.79. The van der Waals surface area contributed by atoms with Crippen LogP contribution in [0.1, 0.15) is 54.2 Å². The summed E-state index contributed by atoms with van der Waals surface area (Å²) in [6.07, 6.45) is 1.97. The molecule has 1 atom stereocenters. The monoisotopic (exact) mass is 583 g/mol. The highest BCUT2D eigenvalue weighted by atomic mass is 79.9. The Morgan fingerprint density at radius 3 is 2.49 bits per heavy atom. The molecule has 0 saturated heterocycles. The van der Waals surface area contributed by atoms with E-state index in [0.717, 1.165) is 21.3 Å². The van der Waals surface area contributed by atoms with Crippen molar-refractivity contribution >= 4 is 49.9 Å². The van der Waals surface area contributed by atoms with Crippen molar-refractivity contribution in [3.8, 4) is 5.75 Å². The van der Waals surface area contributed by atoms with Crippen molar-refractivity contribution in [1.29, 1.82) is 0 Å². The Balaban J connectivity index is 1.53. The molecule has 3 heterocycles. The Morgan fingerprint density at radius 2 is 1.77 bits per heavy atom. The van der Waals surface area contributed by atoms with Gasteiger partial charge in [0.25, 0.3) is 5.91 Å². The maximum absolute atomic E-state index is 14.0. The van der Waals surface area contributed by atoms with E-state index in [2.05, 4.69) is 54.9 Å². The lowest BCUT2D eigenvalue weighted by Crippen LogP contribution is -2.54. The summed E-state index contributed by atoms with van der Waals surface area (Å²) in [6, 6.07) is 20.9. The number of fused-ring (bicyclic) bond motifs is 1. The minimum Gasteiger partial charge on any atom is -0.493 e. The first kappa shape index (κ1) is 25.3. The number of para-hydroxylation sites is 1. The second-order valence-electron chi connectivity index (χ2n) is 10.9. The average molecular weight is 584 g/mol. The molecule has 1 amide bonds. The lowest BCUT2D eigenvalue weighted by atomic mass is 9.65. The zero-order valence-corrected chi connectivity index (χ0v) is 23.6. The van der Waals surface area contributed by atoms with Crippen molar-refractivity contribution in [2.75, 3.05) is 12.0 Å². The summed E-state index contributed by atoms with van der Waals surface area (Å²) in [5.74, 6) is -0.448. The number of rotatable bonds is 4. The highest BCUT2D eigenvalue weighted by Gasteiger charge is 2.52. The standard InChI is InChI=1S/C32H26BrNO5/c1-31(2)17-32(3,19-10-6-5-7-11-19)24-15-20(33)14-21-22(29(36)34(31)27(21)24)16-25(35)23-13-18-9-8-12-26(38-4)28(18)39-30(23)37/h5-16H,17H2,1-4H3/b22-16+. The molecule has 4 aromatic rings. The first-order valence-electron chi connectivity index (χ1n) is 12.7. The van der Waals surface area contributed by atoms with E-state index in [9.17, 15) is 14.4 Å². The van der Waals surface area contributed by atoms with Crippen molar-refractivity contribution < 1.29 is 18.7 Å². The van der Waals surface area contributed by atoms with E-state index >= 15 is 0 Å². The molecule has 3 aromatic carbocycles. The number of hydrogen-bond donors (Lipinski definition) is 0. The van der Waals surface area contributed by atoms with E-state index < -0.39 is 16.9 Å². The van der Waals surface area contributed by atoms with Crippen LogP contribution in [0.3, 0.4) is 0 Å². The van der Waals surface area contributed by atoms with Crippen LogP contribution in [-0.2, 0) is 10.2 Å². The van der Waals surface area contributed by atoms with E-state index in [-0.39, 0.29) is 28.0 Å². The Bertz CT molecular complexity index is 1790. The fourth-order valence-corrected chi connectivity index (χ4v) is 6.74. The van der Waals surface area contributed by atoms with Crippen LogP contribution in [-0.4, -0.2) is 24.3 Å². The Morgan fingerprint density at radius 1 is 1.03 bits per heavy atom. The normalized spacial score (nSPS) is 20.4. The van der Waals surface area contributed by atoms with Gasteiger partial charge in [-0.1, -0.05) is 65.3 Å². The molecule has 0 aliphatic carbocycles. The van der Waals surface area contributed by atoms with Crippen LogP contribution in [0.2, 0.25) is 0 Å². The number of amides is 1. The number of halogens is 1. The molecule has 39 heavy (non-hydrogen) atoms. The van der Waals surface area contributed by atoms with Crippen LogP contribution >= 0.6 is 15.9 Å². The van der Waals surface area contributed by atoms with Crippen molar-refractivity contribution in [1.82, 2.24) is 0 Å². The molecule has 0 saturated carbocycles. The van der Waals surface area contributed by atoms with Crippen LogP contribution in [0.15, 0.2) is 86.5 Å². The molecular weight excluding hydrogens is 558 g/mol. The maximum atomic E-state index is 14.0. The van der Waals surface area contributed by atoms with Crippen molar-refractivity contribution in [3.05, 3.63) is 110 Å². The zero-order valence-electron chi connectivity index (χ0n) is 22.0. The molecule has 1 unspecified atom stereocenters. The number of allylic oxidation sites excluding steroid dienone is 1. The summed E-state index contributed by atoms with van der Waals surface area (Å²) in [4.78, 5) is 42.1. The number of ketones is 1. The number of ether oxygens (including phenoxy) is 1. The first-order chi connectivity index (χ1) is 18.5. The smallest absolute Gasteiger partial charge is 0.347 e. The summed E-state index contributed by atoms with van der Waals surface area (Å²) in [5, 5.41) is 0.554. The number of methoxy groups -OCH3 is 1. The molecule has 196 valence electrons. The van der Waals surface area contributed by atoms with Crippen molar-refractivity contribution in [2.24, 2.45) is 0 Å². The number of hydrogen-bond acceptors (Lipinski definition) is 5. The van der Waals surface area contributed by atoms with E-state index in [1.807, 2.05) is 29.2 Å². The number of anilines is 1. The van der Waals surface area contributed by atoms with Crippen LogP contribution in [0.4, 0.5) is 5.69 Å². The molecular formula is C32H26BrNO5. The number of carbonyl (C=O) groups is 2. The van der Waals surface area contributed by atoms with Crippen molar-refractivity contribution in [3.63, 3.8) is 0 Å². The predicted molar refractivity (Wildman–Crippen MR) is 155 cm³/mol. The lowest BCUT2D eigenvalue weighted by molar-refractivity contribution is -0.114. The fraction of sp³-hybridized carbons (Fsp3) is 0.219. The van der Waals surface area contributed by atoms with Gasteiger partial charge in [0.05, 0.1) is 18.4 Å². The van der Waals surface area contributed by atoms with Gasteiger partial charge < -0.3 is 14.1 Å². The largest absolute Gasteiger partial charge is 0.493 e. The minimum atomic E-state index is -0.785. The van der Waals surface area contributed by atoms with Gasteiger partial charge in [0, 0.05) is 26.4 Å². The molecule has 0 spiro atoms. The molecule has 6 nitrogen and oxygen atoms in total. The molecule has 1 aromatic heterocycles. The van der Waals surface area contributed by atoms with Crippen LogP contribution in [0.5, 0.6) is 5.75 Å². The van der Waals surface area contributed by atoms with Gasteiger partial charge >= 0.3 is 5.63 Å². The van der Waals surface area contributed by atoms with Gasteiger partial charge in [-0.2, -0.15) is 0 Å². The number of carbonyl (C=O) groups excluding carboxylic acids is 2. The maximum Gasteiger partial charge on any atom is 0.347 e. The molecule has 2 aliphatic heterocycles. The third-order valence-electron chi connectivity index (χ3n) is 7.90. The topological polar surface area (TPSA) is 76.8 Å². The summed E-state index contributed by atoms with van der Waals surface area (Å²) in [7, 11) is 1.48. The van der Waals surface area contributed by atoms with E-state index in [4.69, 9.17) is 9.15 Å². The SMILES string of the molecule is COc1cccc2cc(C(=O)/C=C3/C(=O)N4c5c3cc(Br)cc5C(C)(c3ccccc3)CC4(C)C)c(=O)oc12. The van der Waals surface area contributed by atoms with Crippen molar-refractivity contribution in [2.45, 2.75) is 38.1 Å². The Labute approximate surface area is 234 Å². The summed E-state index contributed by atoms with van der Waals surface area (Å²) in [6.45, 7) is 6.31. The Kier molecular flexibility index (Phi) is 5.70. The summed E-state index contributed by atoms with van der Waals surface area (Å²) >= 11 is 3.65. The second kappa shape index (κ2) is 8.78. The van der Waals surface area contributed by atoms with Crippen LogP contribution in [0, 0.1) is 0 Å². The van der Waals surface area contributed by atoms with E-state index in [1.54, 1.807) is 18.2 Å². The molecule has 0 fully saturated rings. The summed E-state index contributed by atoms with van der Waals surface area (Å²) < 4.78 is 11.6. The quantitative estimate of drug-likeness (QED) is 0.152. The Hall–Kier alpha value is -3.97. The number of benzene rings is 3. The van der Waals surface area contributed by atoms with E-state index in [1.165, 1.54) is 19.3 Å². The van der Waals surface area contributed by atoms with Gasteiger partial charge in [-0.25, -0.2) is 4.79 Å². The lowest BCUT2D eigenvalue weighted by Gasteiger charge is -2.49. The highest BCUT2D eigenvalue weighted by Crippen LogP contribution is 2.56. The van der Waals surface area contributed by atoms with E-state index in [0.29, 0.717) is 23.1 Å². The average Bonchev–Trinajstić information content (AvgIpc) is 3.18.